The standard InChI is InChI=1S/C25H25FN2O2S/c1-17-7-2-3-13-22(17)24(25(30)27-19-9-5-10-19)28(20-11-4-8-18(26)15-20)23(29)16-21-12-6-14-31-21/h2-4,6-8,11-15,19,24H,5,9-10,16H2,1H3,(H,27,30). The Morgan fingerprint density at radius 3 is 2.58 bits per heavy atom. The highest BCUT2D eigenvalue weighted by atomic mass is 32.1. The largest absolute Gasteiger partial charge is 0.351 e. The van der Waals surface area contributed by atoms with Crippen molar-refractivity contribution in [3.63, 3.8) is 0 Å². The molecular weight excluding hydrogens is 411 g/mol. The van der Waals surface area contributed by atoms with Gasteiger partial charge in [-0.15, -0.1) is 11.3 Å². The molecule has 0 aliphatic heterocycles. The van der Waals surface area contributed by atoms with Crippen LogP contribution in [0.4, 0.5) is 10.1 Å². The van der Waals surface area contributed by atoms with Crippen molar-refractivity contribution < 1.29 is 14.0 Å². The zero-order chi connectivity index (χ0) is 21.8. The fraction of sp³-hybridized carbons (Fsp3) is 0.280. The van der Waals surface area contributed by atoms with Crippen LogP contribution in [0, 0.1) is 12.7 Å². The van der Waals surface area contributed by atoms with E-state index in [1.807, 2.05) is 48.7 Å². The van der Waals surface area contributed by atoms with Crippen molar-refractivity contribution >= 4 is 28.8 Å². The Bertz CT molecular complexity index is 1060. The zero-order valence-electron chi connectivity index (χ0n) is 17.4. The van der Waals surface area contributed by atoms with Crippen LogP contribution in [0.25, 0.3) is 0 Å². The van der Waals surface area contributed by atoms with Crippen LogP contribution in [0.5, 0.6) is 0 Å². The molecule has 6 heteroatoms. The molecule has 4 rings (SSSR count). The summed E-state index contributed by atoms with van der Waals surface area (Å²) < 4.78 is 14.2. The van der Waals surface area contributed by atoms with Gasteiger partial charge in [-0.1, -0.05) is 36.4 Å². The highest BCUT2D eigenvalue weighted by molar-refractivity contribution is 7.10. The first-order chi connectivity index (χ1) is 15.0. The third-order valence-corrected chi connectivity index (χ3v) is 6.58. The molecule has 1 N–H and O–H groups in total. The lowest BCUT2D eigenvalue weighted by Crippen LogP contribution is -2.49. The normalized spacial score (nSPS) is 14.5. The molecule has 1 atom stereocenters. The summed E-state index contributed by atoms with van der Waals surface area (Å²) >= 11 is 1.49. The van der Waals surface area contributed by atoms with Gasteiger partial charge in [0.2, 0.25) is 11.8 Å². The minimum atomic E-state index is -0.879. The monoisotopic (exact) mass is 436 g/mol. The molecule has 2 aromatic carbocycles. The van der Waals surface area contributed by atoms with Crippen LogP contribution >= 0.6 is 11.3 Å². The van der Waals surface area contributed by atoms with E-state index in [0.29, 0.717) is 5.69 Å². The van der Waals surface area contributed by atoms with Crippen molar-refractivity contribution in [2.45, 2.75) is 44.7 Å². The van der Waals surface area contributed by atoms with E-state index in [0.717, 1.165) is 35.3 Å². The maximum Gasteiger partial charge on any atom is 0.248 e. The first kappa shape index (κ1) is 21.2. The first-order valence-corrected chi connectivity index (χ1v) is 11.4. The predicted molar refractivity (Wildman–Crippen MR) is 122 cm³/mol. The Hall–Kier alpha value is -2.99. The zero-order valence-corrected chi connectivity index (χ0v) is 18.2. The van der Waals surface area contributed by atoms with E-state index in [4.69, 9.17) is 0 Å². The molecule has 1 aromatic heterocycles. The quantitative estimate of drug-likeness (QED) is 0.555. The number of carbonyl (C=O) groups is 2. The molecule has 0 radical (unpaired) electrons. The molecular formula is C25H25FN2O2S. The Balaban J connectivity index is 1.78. The second kappa shape index (κ2) is 9.43. The summed E-state index contributed by atoms with van der Waals surface area (Å²) in [6.45, 7) is 1.92. The number of thiophene rings is 1. The topological polar surface area (TPSA) is 49.4 Å². The van der Waals surface area contributed by atoms with E-state index in [2.05, 4.69) is 5.32 Å². The number of rotatable bonds is 7. The molecule has 0 spiro atoms. The van der Waals surface area contributed by atoms with Gasteiger partial charge in [0.15, 0.2) is 0 Å². The highest BCUT2D eigenvalue weighted by Crippen LogP contribution is 2.32. The van der Waals surface area contributed by atoms with Crippen LogP contribution in [-0.4, -0.2) is 17.9 Å². The minimum absolute atomic E-state index is 0.126. The fourth-order valence-electron chi connectivity index (χ4n) is 3.83. The number of amides is 2. The van der Waals surface area contributed by atoms with E-state index in [1.54, 1.807) is 12.1 Å². The van der Waals surface area contributed by atoms with Gasteiger partial charge in [-0.3, -0.25) is 14.5 Å². The van der Waals surface area contributed by atoms with Crippen molar-refractivity contribution in [1.29, 1.82) is 0 Å². The first-order valence-electron chi connectivity index (χ1n) is 10.5. The van der Waals surface area contributed by atoms with E-state index < -0.39 is 11.9 Å². The van der Waals surface area contributed by atoms with Crippen LogP contribution in [0.1, 0.15) is 41.3 Å². The van der Waals surface area contributed by atoms with E-state index in [-0.39, 0.29) is 24.3 Å². The summed E-state index contributed by atoms with van der Waals surface area (Å²) in [5.74, 6) is -0.929. The number of carbonyl (C=O) groups excluding carboxylic acids is 2. The van der Waals surface area contributed by atoms with Crippen LogP contribution in [-0.2, 0) is 16.0 Å². The van der Waals surface area contributed by atoms with Crippen LogP contribution in [0.2, 0.25) is 0 Å². The van der Waals surface area contributed by atoms with Gasteiger partial charge in [-0.25, -0.2) is 4.39 Å². The molecule has 1 saturated carbocycles. The Labute approximate surface area is 185 Å². The number of benzene rings is 2. The molecule has 1 aliphatic carbocycles. The Morgan fingerprint density at radius 1 is 1.13 bits per heavy atom. The van der Waals surface area contributed by atoms with Crippen molar-refractivity contribution in [1.82, 2.24) is 5.32 Å². The van der Waals surface area contributed by atoms with Gasteiger partial charge < -0.3 is 5.32 Å². The molecule has 31 heavy (non-hydrogen) atoms. The second-order valence-corrected chi connectivity index (χ2v) is 8.93. The van der Waals surface area contributed by atoms with Gasteiger partial charge in [0.05, 0.1) is 6.42 Å². The molecule has 0 bridgehead atoms. The van der Waals surface area contributed by atoms with Crippen molar-refractivity contribution in [2.75, 3.05) is 4.90 Å². The molecule has 160 valence electrons. The van der Waals surface area contributed by atoms with Gasteiger partial charge in [0.25, 0.3) is 0 Å². The molecule has 2 amide bonds. The summed E-state index contributed by atoms with van der Waals surface area (Å²) in [7, 11) is 0. The Kier molecular flexibility index (Phi) is 6.47. The smallest absolute Gasteiger partial charge is 0.248 e. The number of nitrogens with zero attached hydrogens (tertiary/aromatic N) is 1. The average Bonchev–Trinajstić information content (AvgIpc) is 3.22. The number of anilines is 1. The number of nitrogens with one attached hydrogen (secondary N) is 1. The third kappa shape index (κ3) is 4.85. The number of hydrogen-bond donors (Lipinski definition) is 1. The summed E-state index contributed by atoms with van der Waals surface area (Å²) in [5, 5.41) is 5.01. The third-order valence-electron chi connectivity index (χ3n) is 5.70. The molecule has 4 nitrogen and oxygen atoms in total. The minimum Gasteiger partial charge on any atom is -0.351 e. The van der Waals surface area contributed by atoms with Crippen molar-refractivity contribution in [2.24, 2.45) is 0 Å². The SMILES string of the molecule is Cc1ccccc1C(C(=O)NC1CCC1)N(C(=O)Cc1cccs1)c1cccc(F)c1. The van der Waals surface area contributed by atoms with Crippen molar-refractivity contribution in [3.05, 3.63) is 87.9 Å². The van der Waals surface area contributed by atoms with Crippen LogP contribution < -0.4 is 10.2 Å². The summed E-state index contributed by atoms with van der Waals surface area (Å²) in [6, 6.07) is 16.5. The molecule has 3 aromatic rings. The lowest BCUT2D eigenvalue weighted by atomic mass is 9.91. The maximum atomic E-state index is 14.2. The van der Waals surface area contributed by atoms with Gasteiger partial charge in [0.1, 0.15) is 11.9 Å². The van der Waals surface area contributed by atoms with E-state index >= 15 is 0 Å². The molecule has 1 heterocycles. The highest BCUT2D eigenvalue weighted by Gasteiger charge is 2.35. The number of halogens is 1. The fourth-order valence-corrected chi connectivity index (χ4v) is 4.53. The van der Waals surface area contributed by atoms with Gasteiger partial charge >= 0.3 is 0 Å². The molecule has 1 unspecified atom stereocenters. The van der Waals surface area contributed by atoms with Gasteiger partial charge in [-0.2, -0.15) is 0 Å². The van der Waals surface area contributed by atoms with Gasteiger partial charge in [0, 0.05) is 16.6 Å². The summed E-state index contributed by atoms with van der Waals surface area (Å²) in [4.78, 5) is 29.4. The summed E-state index contributed by atoms with van der Waals surface area (Å²) in [6.07, 6.45) is 3.11. The van der Waals surface area contributed by atoms with Gasteiger partial charge in [-0.05, 0) is 67.0 Å². The molecule has 0 saturated heterocycles. The van der Waals surface area contributed by atoms with Crippen LogP contribution in [0.15, 0.2) is 66.0 Å². The average molecular weight is 437 g/mol. The molecule has 1 aliphatic rings. The predicted octanol–water partition coefficient (Wildman–Crippen LogP) is 5.18. The maximum absolute atomic E-state index is 14.2. The number of aryl methyl sites for hydroxylation is 1. The van der Waals surface area contributed by atoms with Crippen molar-refractivity contribution in [3.8, 4) is 0 Å². The second-order valence-electron chi connectivity index (χ2n) is 7.90. The molecule has 1 fully saturated rings. The Morgan fingerprint density at radius 2 is 1.94 bits per heavy atom. The summed E-state index contributed by atoms with van der Waals surface area (Å²) in [5.41, 5.74) is 2.02. The van der Waals surface area contributed by atoms with Crippen LogP contribution in [0.3, 0.4) is 0 Å². The van der Waals surface area contributed by atoms with E-state index in [9.17, 15) is 14.0 Å². The lowest BCUT2D eigenvalue weighted by molar-refractivity contribution is -0.127. The number of hydrogen-bond acceptors (Lipinski definition) is 3. The lowest BCUT2D eigenvalue weighted by Gasteiger charge is -2.35. The van der Waals surface area contributed by atoms with E-state index in [1.165, 1.54) is 28.4 Å².